The molecular weight excluding hydrogens is 342 g/mol. The maximum absolute atomic E-state index is 11.9. The Hall–Kier alpha value is -3.15. The standard InChI is InChI=1S/C21H25N3O3/c1-21(2,3)16-7-5-15(6-8-16)14-22-24-20(26)13-19(25)23-17-9-11-18(27-4)12-10-17/h5-12,14H,13H2,1-4H3,(H,23,25)(H,24,26). The molecule has 142 valence electrons. The van der Waals surface area contributed by atoms with Gasteiger partial charge >= 0.3 is 0 Å². The summed E-state index contributed by atoms with van der Waals surface area (Å²) in [7, 11) is 1.57. The predicted molar refractivity (Wildman–Crippen MR) is 107 cm³/mol. The predicted octanol–water partition coefficient (Wildman–Crippen LogP) is 3.47. The Bertz CT molecular complexity index is 804. The summed E-state index contributed by atoms with van der Waals surface area (Å²) in [6.45, 7) is 6.44. The van der Waals surface area contributed by atoms with Crippen molar-refractivity contribution < 1.29 is 14.3 Å². The minimum atomic E-state index is -0.483. The smallest absolute Gasteiger partial charge is 0.249 e. The topological polar surface area (TPSA) is 79.8 Å². The first kappa shape index (κ1) is 20.2. The zero-order chi connectivity index (χ0) is 19.9. The normalized spacial score (nSPS) is 11.3. The quantitative estimate of drug-likeness (QED) is 0.466. The van der Waals surface area contributed by atoms with Crippen LogP contribution in [0.1, 0.15) is 38.3 Å². The zero-order valence-electron chi connectivity index (χ0n) is 16.1. The van der Waals surface area contributed by atoms with Gasteiger partial charge in [0.1, 0.15) is 12.2 Å². The van der Waals surface area contributed by atoms with Crippen molar-refractivity contribution >= 4 is 23.7 Å². The molecule has 0 bridgehead atoms. The van der Waals surface area contributed by atoms with Crippen LogP contribution in [0.2, 0.25) is 0 Å². The van der Waals surface area contributed by atoms with Gasteiger partial charge in [-0.05, 0) is 40.8 Å². The van der Waals surface area contributed by atoms with E-state index in [0.29, 0.717) is 11.4 Å². The van der Waals surface area contributed by atoms with Crippen molar-refractivity contribution in [3.05, 3.63) is 59.7 Å². The number of ether oxygens (including phenoxy) is 1. The number of anilines is 1. The van der Waals surface area contributed by atoms with E-state index in [1.54, 1.807) is 37.6 Å². The SMILES string of the molecule is COc1ccc(NC(=O)CC(=O)NN=Cc2ccc(C(C)(C)C)cc2)cc1. The van der Waals surface area contributed by atoms with Gasteiger partial charge in [0.05, 0.1) is 13.3 Å². The number of methoxy groups -OCH3 is 1. The largest absolute Gasteiger partial charge is 0.497 e. The van der Waals surface area contributed by atoms with Gasteiger partial charge < -0.3 is 10.1 Å². The summed E-state index contributed by atoms with van der Waals surface area (Å²) in [6, 6.07) is 14.8. The fraction of sp³-hybridized carbons (Fsp3) is 0.286. The second-order valence-corrected chi connectivity index (χ2v) is 7.12. The van der Waals surface area contributed by atoms with Crippen LogP contribution >= 0.6 is 0 Å². The summed E-state index contributed by atoms with van der Waals surface area (Å²) in [6.07, 6.45) is 1.23. The van der Waals surface area contributed by atoms with Crippen LogP contribution in [-0.4, -0.2) is 25.1 Å². The van der Waals surface area contributed by atoms with Gasteiger partial charge in [-0.1, -0.05) is 45.0 Å². The van der Waals surface area contributed by atoms with E-state index in [1.807, 2.05) is 24.3 Å². The van der Waals surface area contributed by atoms with Gasteiger partial charge in [-0.25, -0.2) is 5.43 Å². The molecule has 0 atom stereocenters. The molecule has 2 amide bonds. The third-order valence-corrected chi connectivity index (χ3v) is 3.87. The molecule has 0 radical (unpaired) electrons. The fourth-order valence-corrected chi connectivity index (χ4v) is 2.31. The molecule has 27 heavy (non-hydrogen) atoms. The van der Waals surface area contributed by atoms with Crippen LogP contribution in [0.15, 0.2) is 53.6 Å². The molecule has 0 aliphatic heterocycles. The molecule has 6 heteroatoms. The Labute approximate surface area is 159 Å². The lowest BCUT2D eigenvalue weighted by Gasteiger charge is -2.18. The van der Waals surface area contributed by atoms with E-state index in [2.05, 4.69) is 36.6 Å². The maximum Gasteiger partial charge on any atom is 0.249 e. The van der Waals surface area contributed by atoms with Gasteiger partial charge in [-0.3, -0.25) is 9.59 Å². The summed E-state index contributed by atoms with van der Waals surface area (Å²) in [5.41, 5.74) is 5.13. The van der Waals surface area contributed by atoms with Crippen molar-refractivity contribution in [2.24, 2.45) is 5.10 Å². The lowest BCUT2D eigenvalue weighted by atomic mass is 9.87. The Morgan fingerprint density at radius 2 is 1.63 bits per heavy atom. The number of amides is 2. The lowest BCUT2D eigenvalue weighted by molar-refractivity contribution is -0.126. The maximum atomic E-state index is 11.9. The number of carbonyl (C=O) groups excluding carboxylic acids is 2. The summed E-state index contributed by atoms with van der Waals surface area (Å²) < 4.78 is 5.05. The molecule has 2 rings (SSSR count). The number of hydrazone groups is 1. The molecule has 2 N–H and O–H groups in total. The van der Waals surface area contributed by atoms with Gasteiger partial charge in [0.15, 0.2) is 0 Å². The van der Waals surface area contributed by atoms with E-state index in [-0.39, 0.29) is 11.8 Å². The van der Waals surface area contributed by atoms with Crippen LogP contribution in [0.25, 0.3) is 0 Å². The number of benzene rings is 2. The Morgan fingerprint density at radius 3 is 2.19 bits per heavy atom. The van der Waals surface area contributed by atoms with Crippen LogP contribution in [0.3, 0.4) is 0 Å². The molecule has 0 fully saturated rings. The number of carbonyl (C=O) groups is 2. The third-order valence-electron chi connectivity index (χ3n) is 3.87. The second-order valence-electron chi connectivity index (χ2n) is 7.12. The van der Waals surface area contributed by atoms with Crippen LogP contribution in [0.5, 0.6) is 5.75 Å². The zero-order valence-corrected chi connectivity index (χ0v) is 16.1. The van der Waals surface area contributed by atoms with Crippen molar-refractivity contribution in [2.45, 2.75) is 32.6 Å². The Morgan fingerprint density at radius 1 is 1.00 bits per heavy atom. The van der Waals surface area contributed by atoms with E-state index < -0.39 is 11.8 Å². The first-order valence-corrected chi connectivity index (χ1v) is 8.64. The minimum Gasteiger partial charge on any atom is -0.497 e. The number of nitrogens with one attached hydrogen (secondary N) is 2. The summed E-state index contributed by atoms with van der Waals surface area (Å²) in [5.74, 6) is -0.207. The van der Waals surface area contributed by atoms with Crippen molar-refractivity contribution in [2.75, 3.05) is 12.4 Å². The molecule has 6 nitrogen and oxygen atoms in total. The van der Waals surface area contributed by atoms with Gasteiger partial charge in [0.2, 0.25) is 11.8 Å². The van der Waals surface area contributed by atoms with Gasteiger partial charge in [0.25, 0.3) is 0 Å². The van der Waals surface area contributed by atoms with Crippen LogP contribution in [0.4, 0.5) is 5.69 Å². The molecule has 0 aliphatic rings. The highest BCUT2D eigenvalue weighted by Crippen LogP contribution is 2.21. The highest BCUT2D eigenvalue weighted by atomic mass is 16.5. The molecule has 0 spiro atoms. The van der Waals surface area contributed by atoms with E-state index in [0.717, 1.165) is 5.56 Å². The highest BCUT2D eigenvalue weighted by Gasteiger charge is 2.12. The van der Waals surface area contributed by atoms with Crippen LogP contribution in [0, 0.1) is 0 Å². The average Bonchev–Trinajstić information content (AvgIpc) is 2.62. The molecule has 0 saturated carbocycles. The molecular formula is C21H25N3O3. The van der Waals surface area contributed by atoms with Crippen molar-refractivity contribution in [1.29, 1.82) is 0 Å². The summed E-state index contributed by atoms with van der Waals surface area (Å²) in [5, 5.41) is 6.54. The summed E-state index contributed by atoms with van der Waals surface area (Å²) in [4.78, 5) is 23.7. The highest BCUT2D eigenvalue weighted by molar-refractivity contribution is 6.03. The van der Waals surface area contributed by atoms with Crippen LogP contribution in [-0.2, 0) is 15.0 Å². The number of rotatable bonds is 6. The molecule has 0 unspecified atom stereocenters. The molecule has 2 aromatic carbocycles. The monoisotopic (exact) mass is 367 g/mol. The Kier molecular flexibility index (Phi) is 6.71. The van der Waals surface area contributed by atoms with Crippen molar-refractivity contribution in [1.82, 2.24) is 5.43 Å². The van der Waals surface area contributed by atoms with E-state index >= 15 is 0 Å². The van der Waals surface area contributed by atoms with Crippen molar-refractivity contribution in [3.8, 4) is 5.75 Å². The van der Waals surface area contributed by atoms with E-state index in [9.17, 15) is 9.59 Å². The molecule has 0 aliphatic carbocycles. The molecule has 0 saturated heterocycles. The second kappa shape index (κ2) is 8.98. The first-order chi connectivity index (χ1) is 12.8. The van der Waals surface area contributed by atoms with Gasteiger partial charge in [-0.15, -0.1) is 0 Å². The van der Waals surface area contributed by atoms with Gasteiger partial charge in [0, 0.05) is 5.69 Å². The lowest BCUT2D eigenvalue weighted by Crippen LogP contribution is -2.24. The van der Waals surface area contributed by atoms with Crippen molar-refractivity contribution in [3.63, 3.8) is 0 Å². The number of hydrogen-bond donors (Lipinski definition) is 2. The van der Waals surface area contributed by atoms with Gasteiger partial charge in [-0.2, -0.15) is 5.10 Å². The van der Waals surface area contributed by atoms with E-state index in [1.165, 1.54) is 5.56 Å². The third kappa shape index (κ3) is 6.58. The average molecular weight is 367 g/mol. The summed E-state index contributed by atoms with van der Waals surface area (Å²) >= 11 is 0. The molecule has 0 heterocycles. The minimum absolute atomic E-state index is 0.0845. The van der Waals surface area contributed by atoms with Crippen LogP contribution < -0.4 is 15.5 Å². The fourth-order valence-electron chi connectivity index (χ4n) is 2.31. The molecule has 2 aromatic rings. The first-order valence-electron chi connectivity index (χ1n) is 8.64. The Balaban J connectivity index is 1.80. The number of hydrogen-bond acceptors (Lipinski definition) is 4. The molecule has 0 aromatic heterocycles. The van der Waals surface area contributed by atoms with E-state index in [4.69, 9.17) is 4.74 Å². The number of nitrogens with zero attached hydrogens (tertiary/aromatic N) is 1.